The summed E-state index contributed by atoms with van der Waals surface area (Å²) in [5, 5.41) is 13.7. The molecule has 2 heterocycles. The summed E-state index contributed by atoms with van der Waals surface area (Å²) in [5.41, 5.74) is 1.39. The van der Waals surface area contributed by atoms with Gasteiger partial charge in [0.2, 0.25) is 5.91 Å². The van der Waals surface area contributed by atoms with Gasteiger partial charge >= 0.3 is 0 Å². The van der Waals surface area contributed by atoms with Crippen LogP contribution < -0.4 is 5.32 Å². The number of amides is 2. The number of nitrogens with one attached hydrogen (secondary N) is 1. The number of anilines is 1. The largest absolute Gasteiger partial charge is 0.376 e. The highest BCUT2D eigenvalue weighted by Gasteiger charge is 2.24. The number of carbonyl (C=O) groups is 2. The average Bonchev–Trinajstić information content (AvgIpc) is 3.21. The fraction of sp³-hybridized carbons (Fsp3) is 0.278. The first kappa shape index (κ1) is 17.0. The molecule has 25 heavy (non-hydrogen) atoms. The van der Waals surface area contributed by atoms with Gasteiger partial charge in [0.15, 0.2) is 0 Å². The van der Waals surface area contributed by atoms with E-state index < -0.39 is 0 Å². The lowest BCUT2D eigenvalue weighted by atomic mass is 10.2. The number of nitrogens with zero attached hydrogens (tertiary/aromatic N) is 3. The van der Waals surface area contributed by atoms with E-state index >= 15 is 0 Å². The second-order valence-electron chi connectivity index (χ2n) is 5.69. The third kappa shape index (κ3) is 4.17. The van der Waals surface area contributed by atoms with Crippen LogP contribution in [-0.2, 0) is 4.79 Å². The van der Waals surface area contributed by atoms with E-state index in [0.717, 1.165) is 10.6 Å². The second kappa shape index (κ2) is 7.81. The number of rotatable bonds is 4. The van der Waals surface area contributed by atoms with Gasteiger partial charge in [-0.2, -0.15) is 5.26 Å². The molecular formula is C18H18N4O2S. The molecule has 1 aromatic carbocycles. The first-order chi connectivity index (χ1) is 12.2. The van der Waals surface area contributed by atoms with Crippen LogP contribution >= 0.6 is 11.3 Å². The monoisotopic (exact) mass is 354 g/mol. The maximum atomic E-state index is 12.3. The molecule has 1 aromatic heterocycles. The van der Waals surface area contributed by atoms with Crippen molar-refractivity contribution in [3.63, 3.8) is 0 Å². The normalized spacial score (nSPS) is 14.0. The molecule has 0 unspecified atom stereocenters. The molecule has 0 radical (unpaired) electrons. The molecule has 7 heteroatoms. The Hall–Kier alpha value is -2.85. The summed E-state index contributed by atoms with van der Waals surface area (Å²) >= 11 is 1.44. The number of nitriles is 1. The van der Waals surface area contributed by atoms with Crippen molar-refractivity contribution in [3.8, 4) is 6.07 Å². The van der Waals surface area contributed by atoms with Crippen molar-refractivity contribution in [1.82, 2.24) is 9.80 Å². The fourth-order valence-electron chi connectivity index (χ4n) is 2.67. The molecule has 2 amide bonds. The Morgan fingerprint density at radius 1 is 1.08 bits per heavy atom. The van der Waals surface area contributed by atoms with E-state index in [-0.39, 0.29) is 18.4 Å². The minimum Gasteiger partial charge on any atom is -0.376 e. The van der Waals surface area contributed by atoms with Gasteiger partial charge in [0.05, 0.1) is 23.1 Å². The summed E-state index contributed by atoms with van der Waals surface area (Å²) in [5.74, 6) is 0.0467. The van der Waals surface area contributed by atoms with E-state index in [2.05, 4.69) is 11.4 Å². The van der Waals surface area contributed by atoms with E-state index in [1.807, 2.05) is 17.5 Å². The number of hydrogen-bond donors (Lipinski definition) is 1. The van der Waals surface area contributed by atoms with Crippen molar-refractivity contribution in [1.29, 1.82) is 5.26 Å². The highest BCUT2D eigenvalue weighted by Crippen LogP contribution is 2.14. The van der Waals surface area contributed by atoms with Gasteiger partial charge in [-0.3, -0.25) is 9.59 Å². The van der Waals surface area contributed by atoms with Crippen LogP contribution in [0.5, 0.6) is 0 Å². The molecule has 0 saturated carbocycles. The van der Waals surface area contributed by atoms with Gasteiger partial charge in [-0.05, 0) is 35.7 Å². The number of carbonyl (C=O) groups excluding carboxylic acids is 2. The van der Waals surface area contributed by atoms with E-state index in [9.17, 15) is 9.59 Å². The highest BCUT2D eigenvalue weighted by atomic mass is 32.1. The maximum Gasteiger partial charge on any atom is 0.264 e. The van der Waals surface area contributed by atoms with Gasteiger partial charge in [0, 0.05) is 31.9 Å². The molecule has 0 atom stereocenters. The zero-order chi connectivity index (χ0) is 17.6. The Morgan fingerprint density at radius 2 is 1.76 bits per heavy atom. The summed E-state index contributed by atoms with van der Waals surface area (Å²) in [6.07, 6.45) is 0. The zero-order valence-electron chi connectivity index (χ0n) is 13.6. The maximum absolute atomic E-state index is 12.3. The van der Waals surface area contributed by atoms with Crippen LogP contribution in [0.2, 0.25) is 0 Å². The molecule has 6 nitrogen and oxygen atoms in total. The third-order valence-corrected chi connectivity index (χ3v) is 4.97. The van der Waals surface area contributed by atoms with E-state index in [4.69, 9.17) is 5.26 Å². The smallest absolute Gasteiger partial charge is 0.264 e. The second-order valence-corrected chi connectivity index (χ2v) is 6.64. The van der Waals surface area contributed by atoms with E-state index in [0.29, 0.717) is 31.7 Å². The van der Waals surface area contributed by atoms with Gasteiger partial charge in [-0.25, -0.2) is 0 Å². The summed E-state index contributed by atoms with van der Waals surface area (Å²) < 4.78 is 0. The Morgan fingerprint density at radius 3 is 2.36 bits per heavy atom. The van der Waals surface area contributed by atoms with Crippen molar-refractivity contribution in [2.24, 2.45) is 0 Å². The van der Waals surface area contributed by atoms with Crippen molar-refractivity contribution in [2.45, 2.75) is 0 Å². The molecule has 1 saturated heterocycles. The molecule has 3 rings (SSSR count). The molecule has 128 valence electrons. The predicted molar refractivity (Wildman–Crippen MR) is 96.4 cm³/mol. The SMILES string of the molecule is N#Cc1ccc(NCC(=O)N2CCN(C(=O)c3cccs3)CC2)cc1. The summed E-state index contributed by atoms with van der Waals surface area (Å²) in [7, 11) is 0. The Balaban J connectivity index is 1.46. The molecule has 2 aromatic rings. The lowest BCUT2D eigenvalue weighted by Gasteiger charge is -2.34. The van der Waals surface area contributed by atoms with Crippen LogP contribution in [0, 0.1) is 11.3 Å². The first-order valence-corrected chi connectivity index (χ1v) is 8.90. The van der Waals surface area contributed by atoms with Gasteiger partial charge < -0.3 is 15.1 Å². The van der Waals surface area contributed by atoms with Crippen molar-refractivity contribution >= 4 is 28.8 Å². The molecule has 0 spiro atoms. The summed E-state index contributed by atoms with van der Waals surface area (Å²) in [6, 6.07) is 12.7. The van der Waals surface area contributed by atoms with Crippen molar-refractivity contribution in [3.05, 3.63) is 52.2 Å². The molecule has 0 bridgehead atoms. The molecule has 1 fully saturated rings. The average molecular weight is 354 g/mol. The molecule has 0 aliphatic carbocycles. The number of benzene rings is 1. The van der Waals surface area contributed by atoms with Crippen LogP contribution in [0.25, 0.3) is 0 Å². The zero-order valence-corrected chi connectivity index (χ0v) is 14.5. The standard InChI is InChI=1S/C18H18N4O2S/c19-12-14-3-5-15(6-4-14)20-13-17(23)21-7-9-22(10-8-21)18(24)16-2-1-11-25-16/h1-6,11,20H,7-10,13H2. The van der Waals surface area contributed by atoms with Crippen LogP contribution in [-0.4, -0.2) is 54.3 Å². The molecule has 1 N–H and O–H groups in total. The number of thiophene rings is 1. The van der Waals surface area contributed by atoms with Gasteiger partial charge in [0.25, 0.3) is 5.91 Å². The van der Waals surface area contributed by atoms with Crippen molar-refractivity contribution in [2.75, 3.05) is 38.0 Å². The van der Waals surface area contributed by atoms with Crippen LogP contribution in [0.3, 0.4) is 0 Å². The lowest BCUT2D eigenvalue weighted by Crippen LogP contribution is -2.51. The lowest BCUT2D eigenvalue weighted by molar-refractivity contribution is -0.130. The van der Waals surface area contributed by atoms with Crippen molar-refractivity contribution < 1.29 is 9.59 Å². The molecule has 1 aliphatic heterocycles. The molecular weight excluding hydrogens is 336 g/mol. The minimum atomic E-state index is 0.00702. The third-order valence-electron chi connectivity index (χ3n) is 4.11. The topological polar surface area (TPSA) is 76.4 Å². The number of hydrogen-bond acceptors (Lipinski definition) is 5. The Bertz CT molecular complexity index is 772. The van der Waals surface area contributed by atoms with Crippen LogP contribution in [0.1, 0.15) is 15.2 Å². The Kier molecular flexibility index (Phi) is 5.31. The highest BCUT2D eigenvalue weighted by molar-refractivity contribution is 7.12. The van der Waals surface area contributed by atoms with Crippen LogP contribution in [0.15, 0.2) is 41.8 Å². The van der Waals surface area contributed by atoms with Crippen LogP contribution in [0.4, 0.5) is 5.69 Å². The quantitative estimate of drug-likeness (QED) is 0.911. The predicted octanol–water partition coefficient (Wildman–Crippen LogP) is 2.02. The number of piperazine rings is 1. The van der Waals surface area contributed by atoms with Gasteiger partial charge in [-0.15, -0.1) is 11.3 Å². The van der Waals surface area contributed by atoms with E-state index in [1.165, 1.54) is 11.3 Å². The molecule has 1 aliphatic rings. The minimum absolute atomic E-state index is 0.00702. The Labute approximate surface area is 150 Å². The summed E-state index contributed by atoms with van der Waals surface area (Å²) in [4.78, 5) is 28.9. The van der Waals surface area contributed by atoms with E-state index in [1.54, 1.807) is 34.1 Å². The first-order valence-electron chi connectivity index (χ1n) is 8.02. The van der Waals surface area contributed by atoms with Gasteiger partial charge in [0.1, 0.15) is 0 Å². The van der Waals surface area contributed by atoms with Gasteiger partial charge in [-0.1, -0.05) is 6.07 Å². The summed E-state index contributed by atoms with van der Waals surface area (Å²) in [6.45, 7) is 2.40. The fourth-order valence-corrected chi connectivity index (χ4v) is 3.36.